The molecule has 0 spiro atoms. The van der Waals surface area contributed by atoms with E-state index in [1.165, 1.54) is 0 Å². The fraction of sp³-hybridized carbons (Fsp3) is 0.316. The Hall–Kier alpha value is -2.05. The Morgan fingerprint density at radius 1 is 0.917 bits per heavy atom. The minimum absolute atomic E-state index is 0.0839. The Morgan fingerprint density at radius 2 is 1.42 bits per heavy atom. The first-order chi connectivity index (χ1) is 11.5. The Bertz CT molecular complexity index is 643. The lowest BCUT2D eigenvalue weighted by molar-refractivity contribution is -0.164. The van der Waals surface area contributed by atoms with Gasteiger partial charge in [0.15, 0.2) is 11.4 Å². The number of carbonyl (C=O) groups is 1. The van der Waals surface area contributed by atoms with Crippen molar-refractivity contribution in [3.63, 3.8) is 0 Å². The Kier molecular flexibility index (Phi) is 6.23. The lowest BCUT2D eigenvalue weighted by Gasteiger charge is -2.34. The van der Waals surface area contributed by atoms with E-state index in [2.05, 4.69) is 0 Å². The summed E-state index contributed by atoms with van der Waals surface area (Å²) in [5.41, 5.74) is -0.857. The van der Waals surface area contributed by atoms with Gasteiger partial charge in [-0.05, 0) is 11.1 Å². The molecule has 128 valence electrons. The molecule has 4 N–H and O–H groups in total. The number of benzene rings is 2. The number of rotatable bonds is 8. The molecule has 5 nitrogen and oxygen atoms in total. The minimum Gasteiger partial charge on any atom is -0.394 e. The van der Waals surface area contributed by atoms with Gasteiger partial charge in [0.2, 0.25) is 0 Å². The van der Waals surface area contributed by atoms with Gasteiger partial charge in [-0.3, -0.25) is 4.79 Å². The molecular formula is C19H22O5. The highest BCUT2D eigenvalue weighted by molar-refractivity contribution is 5.90. The third kappa shape index (κ3) is 4.27. The molecule has 2 rings (SSSR count). The van der Waals surface area contributed by atoms with E-state index in [4.69, 9.17) is 5.11 Å². The summed E-state index contributed by atoms with van der Waals surface area (Å²) in [5, 5.41) is 40.0. The summed E-state index contributed by atoms with van der Waals surface area (Å²) in [7, 11) is 0. The minimum atomic E-state index is -2.20. The molecule has 0 heterocycles. The van der Waals surface area contributed by atoms with Crippen molar-refractivity contribution in [1.29, 1.82) is 0 Å². The summed E-state index contributed by atoms with van der Waals surface area (Å²) in [6, 6.07) is 17.6. The smallest absolute Gasteiger partial charge is 0.171 e. The van der Waals surface area contributed by atoms with E-state index in [0.717, 1.165) is 0 Å². The first-order valence-corrected chi connectivity index (χ1v) is 7.78. The predicted octanol–water partition coefficient (Wildman–Crippen LogP) is 0.486. The maximum atomic E-state index is 12.7. The summed E-state index contributed by atoms with van der Waals surface area (Å²) >= 11 is 0. The van der Waals surface area contributed by atoms with E-state index in [0.29, 0.717) is 11.1 Å². The van der Waals surface area contributed by atoms with Crippen LogP contribution in [-0.2, 0) is 17.6 Å². The summed E-state index contributed by atoms with van der Waals surface area (Å²) in [6.45, 7) is -0.753. The molecule has 0 aliphatic heterocycles. The van der Waals surface area contributed by atoms with Crippen LogP contribution >= 0.6 is 0 Å². The van der Waals surface area contributed by atoms with E-state index < -0.39 is 30.2 Å². The molecule has 0 saturated carbocycles. The zero-order chi connectivity index (χ0) is 17.6. The van der Waals surface area contributed by atoms with Crippen LogP contribution in [0, 0.1) is 0 Å². The molecular weight excluding hydrogens is 308 g/mol. The molecule has 0 saturated heterocycles. The van der Waals surface area contributed by atoms with Gasteiger partial charge < -0.3 is 20.4 Å². The van der Waals surface area contributed by atoms with Crippen LogP contribution in [0.25, 0.3) is 0 Å². The van der Waals surface area contributed by atoms with E-state index in [1.807, 2.05) is 6.07 Å². The number of carbonyl (C=O) groups excluding carboxylic acids is 1. The van der Waals surface area contributed by atoms with Crippen molar-refractivity contribution < 1.29 is 25.2 Å². The standard InChI is InChI=1S/C19H22O5/c20-13-16(21)18(23)19(24,12-15-9-5-2-6-10-15)17(22)11-14-7-3-1-4-8-14/h1-10,16,18,20-21,23-24H,11-13H2. The number of Topliss-reactive ketones (excluding diaryl/α,β-unsaturated/α-hetero) is 1. The molecule has 0 aromatic heterocycles. The van der Waals surface area contributed by atoms with Crippen molar-refractivity contribution in [2.75, 3.05) is 6.61 Å². The van der Waals surface area contributed by atoms with Crippen LogP contribution in [0.2, 0.25) is 0 Å². The fourth-order valence-electron chi connectivity index (χ4n) is 2.63. The maximum absolute atomic E-state index is 12.7. The monoisotopic (exact) mass is 330 g/mol. The van der Waals surface area contributed by atoms with E-state index in [1.54, 1.807) is 54.6 Å². The van der Waals surface area contributed by atoms with Gasteiger partial charge in [0, 0.05) is 12.8 Å². The number of hydrogen-bond acceptors (Lipinski definition) is 5. The summed E-state index contributed by atoms with van der Waals surface area (Å²) in [4.78, 5) is 12.7. The number of ketones is 1. The van der Waals surface area contributed by atoms with E-state index >= 15 is 0 Å². The second-order valence-electron chi connectivity index (χ2n) is 5.87. The molecule has 3 unspecified atom stereocenters. The summed E-state index contributed by atoms with van der Waals surface area (Å²) < 4.78 is 0. The van der Waals surface area contributed by atoms with Crippen LogP contribution in [0.3, 0.4) is 0 Å². The van der Waals surface area contributed by atoms with Gasteiger partial charge in [-0.1, -0.05) is 60.7 Å². The summed E-state index contributed by atoms with van der Waals surface area (Å²) in [6.07, 6.45) is -3.64. The van der Waals surface area contributed by atoms with Gasteiger partial charge >= 0.3 is 0 Å². The second-order valence-corrected chi connectivity index (χ2v) is 5.87. The Balaban J connectivity index is 2.29. The van der Waals surface area contributed by atoms with Crippen LogP contribution in [0.4, 0.5) is 0 Å². The van der Waals surface area contributed by atoms with Gasteiger partial charge in [-0.15, -0.1) is 0 Å². The molecule has 2 aromatic rings. The lowest BCUT2D eigenvalue weighted by Crippen LogP contribution is -2.57. The molecule has 0 fully saturated rings. The maximum Gasteiger partial charge on any atom is 0.171 e. The molecule has 2 aromatic carbocycles. The molecule has 5 heteroatoms. The number of aliphatic hydroxyl groups is 4. The molecule has 3 atom stereocenters. The van der Waals surface area contributed by atoms with Crippen molar-refractivity contribution in [2.24, 2.45) is 0 Å². The highest BCUT2D eigenvalue weighted by atomic mass is 16.4. The molecule has 0 bridgehead atoms. The zero-order valence-corrected chi connectivity index (χ0v) is 13.2. The molecule has 0 radical (unpaired) electrons. The highest BCUT2D eigenvalue weighted by Crippen LogP contribution is 2.23. The average Bonchev–Trinajstić information content (AvgIpc) is 2.61. The average molecular weight is 330 g/mol. The molecule has 24 heavy (non-hydrogen) atoms. The first kappa shape index (κ1) is 18.3. The largest absolute Gasteiger partial charge is 0.394 e. The fourth-order valence-corrected chi connectivity index (χ4v) is 2.63. The topological polar surface area (TPSA) is 98.0 Å². The van der Waals surface area contributed by atoms with Crippen LogP contribution in [0.15, 0.2) is 60.7 Å². The normalized spacial score (nSPS) is 16.2. The van der Waals surface area contributed by atoms with Gasteiger partial charge in [0.1, 0.15) is 12.2 Å². The third-order valence-electron chi connectivity index (χ3n) is 4.05. The molecule has 0 aliphatic rings. The van der Waals surface area contributed by atoms with Gasteiger partial charge in [-0.2, -0.15) is 0 Å². The van der Waals surface area contributed by atoms with Crippen molar-refractivity contribution in [2.45, 2.75) is 30.7 Å². The van der Waals surface area contributed by atoms with Crippen LogP contribution in [0.5, 0.6) is 0 Å². The van der Waals surface area contributed by atoms with Crippen molar-refractivity contribution in [3.05, 3.63) is 71.8 Å². The van der Waals surface area contributed by atoms with Gasteiger partial charge in [0.05, 0.1) is 6.61 Å². The predicted molar refractivity (Wildman–Crippen MR) is 89.3 cm³/mol. The van der Waals surface area contributed by atoms with E-state index in [-0.39, 0.29) is 12.8 Å². The Morgan fingerprint density at radius 3 is 1.92 bits per heavy atom. The Labute approximate surface area is 140 Å². The van der Waals surface area contributed by atoms with Gasteiger partial charge in [0.25, 0.3) is 0 Å². The van der Waals surface area contributed by atoms with Crippen molar-refractivity contribution >= 4 is 5.78 Å². The van der Waals surface area contributed by atoms with Crippen LogP contribution in [0.1, 0.15) is 11.1 Å². The van der Waals surface area contributed by atoms with E-state index in [9.17, 15) is 20.1 Å². The van der Waals surface area contributed by atoms with Crippen molar-refractivity contribution in [1.82, 2.24) is 0 Å². The number of aliphatic hydroxyl groups excluding tert-OH is 3. The first-order valence-electron chi connectivity index (χ1n) is 7.78. The summed E-state index contributed by atoms with van der Waals surface area (Å²) in [5.74, 6) is -0.613. The lowest BCUT2D eigenvalue weighted by atomic mass is 9.80. The molecule has 0 amide bonds. The van der Waals surface area contributed by atoms with Gasteiger partial charge in [-0.25, -0.2) is 0 Å². The van der Waals surface area contributed by atoms with Crippen LogP contribution in [-0.4, -0.2) is 50.6 Å². The van der Waals surface area contributed by atoms with Crippen molar-refractivity contribution in [3.8, 4) is 0 Å². The SMILES string of the molecule is O=C(Cc1ccccc1)C(O)(Cc1ccccc1)C(O)C(O)CO. The highest BCUT2D eigenvalue weighted by Gasteiger charge is 2.45. The molecule has 0 aliphatic carbocycles. The number of hydrogen-bond donors (Lipinski definition) is 4. The third-order valence-corrected chi connectivity index (χ3v) is 4.05. The van der Waals surface area contributed by atoms with Crippen LogP contribution < -0.4 is 0 Å². The quantitative estimate of drug-likeness (QED) is 0.565. The zero-order valence-electron chi connectivity index (χ0n) is 13.2. The second kappa shape index (κ2) is 8.17.